The number of carbonyl (C=O) groups is 1. The molecule has 0 aromatic heterocycles. The quantitative estimate of drug-likeness (QED) is 0.359. The van der Waals surface area contributed by atoms with Gasteiger partial charge in [0.2, 0.25) is 0 Å². The van der Waals surface area contributed by atoms with E-state index in [0.29, 0.717) is 18.9 Å². The lowest BCUT2D eigenvalue weighted by molar-refractivity contribution is 0.131. The molecule has 0 aliphatic rings. The van der Waals surface area contributed by atoms with Gasteiger partial charge >= 0.3 is 6.09 Å². The lowest BCUT2D eigenvalue weighted by Crippen LogP contribution is -2.37. The molecule has 1 amide bonds. The van der Waals surface area contributed by atoms with Gasteiger partial charge in [-0.05, 0) is 13.2 Å². The van der Waals surface area contributed by atoms with Crippen molar-refractivity contribution in [3.05, 3.63) is 0 Å². The number of carbonyl (C=O) groups excluding carboxylic acids is 1. The Hall–Kier alpha value is -0.910. The standard InChI is InChI=1S/C10H20N2O3S/c1-6-15-9(13)12(4)8(11-14)7-10(2,3)16-5/h14H,6-7H2,1-5H3. The Labute approximate surface area is 101 Å². The average Bonchev–Trinajstić information content (AvgIpc) is 2.25. The lowest BCUT2D eigenvalue weighted by Gasteiger charge is -2.25. The summed E-state index contributed by atoms with van der Waals surface area (Å²) in [5.74, 6) is 0.304. The molecule has 0 radical (unpaired) electrons. The highest BCUT2D eigenvalue weighted by Gasteiger charge is 2.25. The Morgan fingerprint density at radius 3 is 2.50 bits per heavy atom. The second-order valence-corrected chi connectivity index (χ2v) is 5.43. The summed E-state index contributed by atoms with van der Waals surface area (Å²) >= 11 is 1.64. The number of oxime groups is 1. The SMILES string of the molecule is CCOC(=O)N(C)C(CC(C)(C)SC)=NO. The minimum absolute atomic E-state index is 0.0949. The van der Waals surface area contributed by atoms with E-state index in [0.717, 1.165) is 0 Å². The van der Waals surface area contributed by atoms with Crippen LogP contribution in [0, 0.1) is 0 Å². The summed E-state index contributed by atoms with van der Waals surface area (Å²) in [6.45, 7) is 6.06. The molecular weight excluding hydrogens is 228 g/mol. The Morgan fingerprint density at radius 2 is 2.12 bits per heavy atom. The zero-order valence-electron chi connectivity index (χ0n) is 10.5. The van der Waals surface area contributed by atoms with E-state index in [2.05, 4.69) is 5.16 Å². The number of amides is 1. The van der Waals surface area contributed by atoms with Crippen LogP contribution in [0.1, 0.15) is 27.2 Å². The first kappa shape index (κ1) is 15.1. The van der Waals surface area contributed by atoms with E-state index in [-0.39, 0.29) is 4.75 Å². The maximum Gasteiger partial charge on any atom is 0.415 e. The van der Waals surface area contributed by atoms with Crippen molar-refractivity contribution in [2.75, 3.05) is 19.9 Å². The van der Waals surface area contributed by atoms with Crippen molar-refractivity contribution in [2.45, 2.75) is 31.9 Å². The molecule has 0 unspecified atom stereocenters. The number of thioether (sulfide) groups is 1. The van der Waals surface area contributed by atoms with E-state index in [9.17, 15) is 4.79 Å². The number of hydrogen-bond donors (Lipinski definition) is 1. The maximum absolute atomic E-state index is 11.4. The molecule has 0 rings (SSSR count). The summed E-state index contributed by atoms with van der Waals surface area (Å²) in [4.78, 5) is 12.6. The second kappa shape index (κ2) is 6.62. The van der Waals surface area contributed by atoms with Gasteiger partial charge in [-0.15, -0.1) is 0 Å². The number of amidine groups is 1. The third-order valence-corrected chi connectivity index (χ3v) is 3.43. The smallest absolute Gasteiger partial charge is 0.415 e. The highest BCUT2D eigenvalue weighted by molar-refractivity contribution is 7.99. The van der Waals surface area contributed by atoms with Crippen molar-refractivity contribution >= 4 is 23.7 Å². The van der Waals surface area contributed by atoms with Crippen LogP contribution in [-0.4, -0.2) is 46.7 Å². The van der Waals surface area contributed by atoms with Gasteiger partial charge < -0.3 is 9.94 Å². The van der Waals surface area contributed by atoms with Crippen LogP contribution in [0.5, 0.6) is 0 Å². The summed E-state index contributed by atoms with van der Waals surface area (Å²) in [6, 6.07) is 0. The molecule has 0 heterocycles. The molecular formula is C10H20N2O3S. The van der Waals surface area contributed by atoms with Crippen LogP contribution in [-0.2, 0) is 4.74 Å². The summed E-state index contributed by atoms with van der Waals surface area (Å²) in [6.07, 6.45) is 1.95. The maximum atomic E-state index is 11.4. The Balaban J connectivity index is 4.58. The normalized spacial score (nSPS) is 12.4. The van der Waals surface area contributed by atoms with Crippen LogP contribution in [0.15, 0.2) is 5.16 Å². The predicted molar refractivity (Wildman–Crippen MR) is 66.2 cm³/mol. The molecule has 5 nitrogen and oxygen atoms in total. The minimum atomic E-state index is -0.507. The van der Waals surface area contributed by atoms with Crippen molar-refractivity contribution in [3.8, 4) is 0 Å². The molecule has 0 aromatic rings. The van der Waals surface area contributed by atoms with E-state index >= 15 is 0 Å². The number of rotatable bonds is 4. The van der Waals surface area contributed by atoms with Gasteiger partial charge in [0.05, 0.1) is 6.61 Å². The Kier molecular flexibility index (Phi) is 6.25. The molecule has 0 fully saturated rings. The number of nitrogens with zero attached hydrogens (tertiary/aromatic N) is 2. The summed E-state index contributed by atoms with van der Waals surface area (Å²) in [7, 11) is 1.53. The number of ether oxygens (including phenoxy) is 1. The lowest BCUT2D eigenvalue weighted by atomic mass is 10.1. The molecule has 0 saturated heterocycles. The van der Waals surface area contributed by atoms with E-state index in [4.69, 9.17) is 9.94 Å². The van der Waals surface area contributed by atoms with Crippen molar-refractivity contribution in [3.63, 3.8) is 0 Å². The van der Waals surface area contributed by atoms with Gasteiger partial charge in [0, 0.05) is 18.2 Å². The first-order valence-corrected chi connectivity index (χ1v) is 6.27. The average molecular weight is 248 g/mol. The first-order valence-electron chi connectivity index (χ1n) is 5.04. The zero-order valence-corrected chi connectivity index (χ0v) is 11.3. The molecule has 1 N–H and O–H groups in total. The second-order valence-electron chi connectivity index (χ2n) is 3.91. The van der Waals surface area contributed by atoms with Gasteiger partial charge in [-0.25, -0.2) is 4.79 Å². The Bertz CT molecular complexity index is 267. The van der Waals surface area contributed by atoms with Crippen LogP contribution in [0.4, 0.5) is 4.79 Å². The van der Waals surface area contributed by atoms with Crippen LogP contribution < -0.4 is 0 Å². The summed E-state index contributed by atoms with van der Waals surface area (Å²) in [5.41, 5.74) is 0. The fraction of sp³-hybridized carbons (Fsp3) is 0.800. The molecule has 6 heteroatoms. The van der Waals surface area contributed by atoms with Crippen LogP contribution in [0.25, 0.3) is 0 Å². The van der Waals surface area contributed by atoms with Gasteiger partial charge in [0.15, 0.2) is 5.84 Å². The fourth-order valence-electron chi connectivity index (χ4n) is 1.000. The van der Waals surface area contributed by atoms with Gasteiger partial charge in [-0.3, -0.25) is 4.90 Å². The molecule has 0 aliphatic heterocycles. The largest absolute Gasteiger partial charge is 0.449 e. The summed E-state index contributed by atoms with van der Waals surface area (Å²) < 4.78 is 4.73. The molecule has 0 aromatic carbocycles. The monoisotopic (exact) mass is 248 g/mol. The van der Waals surface area contributed by atoms with Gasteiger partial charge in [0.25, 0.3) is 0 Å². The van der Waals surface area contributed by atoms with E-state index < -0.39 is 6.09 Å². The molecule has 0 spiro atoms. The highest BCUT2D eigenvalue weighted by atomic mass is 32.2. The minimum Gasteiger partial charge on any atom is -0.449 e. The summed E-state index contributed by atoms with van der Waals surface area (Å²) in [5, 5.41) is 12.1. The van der Waals surface area contributed by atoms with Gasteiger partial charge in [-0.1, -0.05) is 19.0 Å². The molecule has 16 heavy (non-hydrogen) atoms. The molecule has 94 valence electrons. The topological polar surface area (TPSA) is 62.1 Å². The number of hydrogen-bond acceptors (Lipinski definition) is 5. The zero-order chi connectivity index (χ0) is 12.8. The van der Waals surface area contributed by atoms with E-state index in [1.807, 2.05) is 20.1 Å². The molecule has 0 aliphatic carbocycles. The molecule has 0 atom stereocenters. The predicted octanol–water partition coefficient (Wildman–Crippen LogP) is 2.39. The van der Waals surface area contributed by atoms with Crippen LogP contribution in [0.3, 0.4) is 0 Å². The molecule has 0 bridgehead atoms. The van der Waals surface area contributed by atoms with Crippen LogP contribution >= 0.6 is 11.8 Å². The highest BCUT2D eigenvalue weighted by Crippen LogP contribution is 2.26. The van der Waals surface area contributed by atoms with Crippen molar-refractivity contribution in [2.24, 2.45) is 5.16 Å². The Morgan fingerprint density at radius 1 is 1.56 bits per heavy atom. The molecule has 0 saturated carbocycles. The van der Waals surface area contributed by atoms with Crippen LogP contribution in [0.2, 0.25) is 0 Å². The van der Waals surface area contributed by atoms with E-state index in [1.165, 1.54) is 11.9 Å². The van der Waals surface area contributed by atoms with E-state index in [1.54, 1.807) is 18.7 Å². The fourth-order valence-corrected chi connectivity index (χ4v) is 1.27. The van der Waals surface area contributed by atoms with Crippen molar-refractivity contribution in [1.82, 2.24) is 4.90 Å². The third-order valence-electron chi connectivity index (χ3n) is 2.18. The van der Waals surface area contributed by atoms with Crippen molar-refractivity contribution in [1.29, 1.82) is 0 Å². The van der Waals surface area contributed by atoms with Gasteiger partial charge in [-0.2, -0.15) is 11.8 Å². The third kappa shape index (κ3) is 4.74. The first-order chi connectivity index (χ1) is 7.37. The van der Waals surface area contributed by atoms with Crippen molar-refractivity contribution < 1.29 is 14.7 Å². The van der Waals surface area contributed by atoms with Gasteiger partial charge in [0.1, 0.15) is 0 Å².